The van der Waals surface area contributed by atoms with Crippen molar-refractivity contribution in [2.24, 2.45) is 5.73 Å². The summed E-state index contributed by atoms with van der Waals surface area (Å²) in [5.41, 5.74) is 8.29. The number of nitrogens with zero attached hydrogens (tertiary/aromatic N) is 1. The van der Waals surface area contributed by atoms with E-state index in [1.165, 1.54) is 0 Å². The number of carbonyl (C=O) groups is 1. The zero-order valence-electron chi connectivity index (χ0n) is 14.3. The van der Waals surface area contributed by atoms with Gasteiger partial charge in [0.1, 0.15) is 23.2 Å². The topological polar surface area (TPSA) is 94.6 Å². The van der Waals surface area contributed by atoms with Crippen LogP contribution in [0.5, 0.6) is 5.75 Å². The lowest BCUT2D eigenvalue weighted by Gasteiger charge is -2.28. The lowest BCUT2D eigenvalue weighted by Crippen LogP contribution is -2.25. The smallest absolute Gasteiger partial charge is 0.338 e. The second kappa shape index (κ2) is 6.89. The number of ether oxygens (including phenoxy) is 3. The quantitative estimate of drug-likeness (QED) is 0.850. The molecule has 6 heteroatoms. The number of hydrogen-bond donors (Lipinski definition) is 1. The molecule has 0 aromatic heterocycles. The Labute approximate surface area is 146 Å². The molecule has 0 spiro atoms. The summed E-state index contributed by atoms with van der Waals surface area (Å²) >= 11 is 0. The number of rotatable bonds is 3. The van der Waals surface area contributed by atoms with E-state index in [0.717, 1.165) is 29.7 Å². The Bertz CT molecular complexity index is 817. The van der Waals surface area contributed by atoms with Crippen LogP contribution < -0.4 is 10.5 Å². The van der Waals surface area contributed by atoms with Crippen molar-refractivity contribution >= 4 is 5.97 Å². The van der Waals surface area contributed by atoms with E-state index in [1.807, 2.05) is 18.2 Å². The lowest BCUT2D eigenvalue weighted by molar-refractivity contribution is -0.139. The molecule has 25 heavy (non-hydrogen) atoms. The Kier molecular flexibility index (Phi) is 4.66. The van der Waals surface area contributed by atoms with Crippen molar-refractivity contribution in [3.05, 3.63) is 52.1 Å². The molecule has 130 valence electrons. The highest BCUT2D eigenvalue weighted by Crippen LogP contribution is 2.41. The van der Waals surface area contributed by atoms with Crippen LogP contribution in [0.1, 0.15) is 37.3 Å². The number of esters is 1. The number of benzene rings is 1. The van der Waals surface area contributed by atoms with Gasteiger partial charge in [-0.15, -0.1) is 0 Å². The van der Waals surface area contributed by atoms with Crippen LogP contribution in [0.25, 0.3) is 0 Å². The van der Waals surface area contributed by atoms with Gasteiger partial charge in [0.25, 0.3) is 0 Å². The minimum Gasteiger partial charge on any atom is -0.493 e. The van der Waals surface area contributed by atoms with Gasteiger partial charge in [0.05, 0.1) is 24.7 Å². The molecule has 0 radical (unpaired) electrons. The summed E-state index contributed by atoms with van der Waals surface area (Å²) in [6.45, 7) is 4.33. The molecule has 1 aromatic carbocycles. The maximum Gasteiger partial charge on any atom is 0.338 e. The van der Waals surface area contributed by atoms with Gasteiger partial charge in [-0.25, -0.2) is 4.79 Å². The number of allylic oxidation sites excluding steroid dienone is 2. The fourth-order valence-electron chi connectivity index (χ4n) is 3.25. The summed E-state index contributed by atoms with van der Waals surface area (Å²) in [6, 6.07) is 7.80. The van der Waals surface area contributed by atoms with Gasteiger partial charge < -0.3 is 19.9 Å². The molecule has 3 rings (SSSR count). The van der Waals surface area contributed by atoms with Crippen LogP contribution in [0.2, 0.25) is 0 Å². The zero-order valence-corrected chi connectivity index (χ0v) is 14.3. The molecular weight excluding hydrogens is 320 g/mol. The largest absolute Gasteiger partial charge is 0.493 e. The minimum absolute atomic E-state index is 0.0204. The fourth-order valence-corrected chi connectivity index (χ4v) is 3.25. The van der Waals surface area contributed by atoms with E-state index in [0.29, 0.717) is 17.9 Å². The summed E-state index contributed by atoms with van der Waals surface area (Å²) in [7, 11) is 0. The summed E-state index contributed by atoms with van der Waals surface area (Å²) in [6.07, 6.45) is 1.83. The van der Waals surface area contributed by atoms with Crippen molar-refractivity contribution in [2.45, 2.75) is 32.6 Å². The second-order valence-corrected chi connectivity index (χ2v) is 5.93. The predicted molar refractivity (Wildman–Crippen MR) is 90.2 cm³/mol. The number of nitrogens with two attached hydrogens (primary N) is 1. The highest BCUT2D eigenvalue weighted by Gasteiger charge is 2.36. The number of nitriles is 1. The maximum atomic E-state index is 12.5. The van der Waals surface area contributed by atoms with Crippen molar-refractivity contribution in [3.63, 3.8) is 0 Å². The maximum absolute atomic E-state index is 12.5. The molecule has 1 unspecified atom stereocenters. The zero-order chi connectivity index (χ0) is 18.0. The molecule has 2 aliphatic heterocycles. The van der Waals surface area contributed by atoms with E-state index in [-0.39, 0.29) is 18.1 Å². The Morgan fingerprint density at radius 3 is 3.00 bits per heavy atom. The van der Waals surface area contributed by atoms with Crippen molar-refractivity contribution in [3.8, 4) is 11.8 Å². The molecular formula is C19H20N2O4. The van der Waals surface area contributed by atoms with Crippen LogP contribution in [-0.2, 0) is 20.7 Å². The molecule has 2 N–H and O–H groups in total. The van der Waals surface area contributed by atoms with Crippen molar-refractivity contribution in [1.82, 2.24) is 0 Å². The molecule has 2 aliphatic rings. The van der Waals surface area contributed by atoms with E-state index in [1.54, 1.807) is 13.8 Å². The van der Waals surface area contributed by atoms with Crippen molar-refractivity contribution < 1.29 is 19.0 Å². The minimum atomic E-state index is -0.606. The number of aryl methyl sites for hydroxylation is 1. The van der Waals surface area contributed by atoms with Gasteiger partial charge in [0, 0.05) is 0 Å². The first kappa shape index (κ1) is 16.9. The first-order valence-corrected chi connectivity index (χ1v) is 8.27. The molecule has 0 bridgehead atoms. The molecule has 0 saturated carbocycles. The number of hydrogen-bond acceptors (Lipinski definition) is 6. The normalized spacial score (nSPS) is 19.5. The standard InChI is InChI=1S/C19H20N2O4/c1-3-23-19(22)16-11(2)25-18(21)14(10-20)17(16)13-6-7-15-12(9-13)5-4-8-24-15/h6-7,9,17H,3-5,8,21H2,1-2H3. The molecule has 2 heterocycles. The Morgan fingerprint density at radius 2 is 2.28 bits per heavy atom. The Balaban J connectivity index is 2.12. The third-order valence-corrected chi connectivity index (χ3v) is 4.37. The molecule has 1 aromatic rings. The average Bonchev–Trinajstić information content (AvgIpc) is 2.60. The van der Waals surface area contributed by atoms with Gasteiger partial charge in [0.15, 0.2) is 0 Å². The molecule has 0 fully saturated rings. The lowest BCUT2D eigenvalue weighted by atomic mass is 9.82. The first-order chi connectivity index (χ1) is 12.1. The monoisotopic (exact) mass is 340 g/mol. The Hall–Kier alpha value is -2.94. The van der Waals surface area contributed by atoms with Crippen molar-refractivity contribution in [1.29, 1.82) is 5.26 Å². The summed E-state index contributed by atoms with van der Waals surface area (Å²) < 4.78 is 16.2. The highest BCUT2D eigenvalue weighted by atomic mass is 16.5. The van der Waals surface area contributed by atoms with E-state index in [4.69, 9.17) is 19.9 Å². The second-order valence-electron chi connectivity index (χ2n) is 5.93. The SMILES string of the molecule is CCOC(=O)C1=C(C)OC(N)=C(C#N)C1c1ccc2c(c1)CCCO2. The van der Waals surface area contributed by atoms with E-state index in [9.17, 15) is 10.1 Å². The first-order valence-electron chi connectivity index (χ1n) is 8.27. The van der Waals surface area contributed by atoms with Gasteiger partial charge in [-0.3, -0.25) is 0 Å². The van der Waals surface area contributed by atoms with Crippen molar-refractivity contribution in [2.75, 3.05) is 13.2 Å². The van der Waals surface area contributed by atoms with Gasteiger partial charge in [0.2, 0.25) is 5.88 Å². The Morgan fingerprint density at radius 1 is 1.48 bits per heavy atom. The summed E-state index contributed by atoms with van der Waals surface area (Å²) in [5.74, 6) is 0.112. The number of carbonyl (C=O) groups excluding carboxylic acids is 1. The van der Waals surface area contributed by atoms with Gasteiger partial charge in [-0.05, 0) is 43.9 Å². The van der Waals surface area contributed by atoms with Gasteiger partial charge in [-0.2, -0.15) is 5.26 Å². The third-order valence-electron chi connectivity index (χ3n) is 4.37. The highest BCUT2D eigenvalue weighted by molar-refractivity contribution is 5.92. The number of fused-ring (bicyclic) bond motifs is 1. The van der Waals surface area contributed by atoms with Crippen LogP contribution in [0.3, 0.4) is 0 Å². The van der Waals surface area contributed by atoms with Crippen LogP contribution in [0.4, 0.5) is 0 Å². The summed E-state index contributed by atoms with van der Waals surface area (Å²) in [4.78, 5) is 12.5. The molecule has 0 saturated heterocycles. The average molecular weight is 340 g/mol. The molecule has 0 aliphatic carbocycles. The molecule has 0 amide bonds. The molecule has 6 nitrogen and oxygen atoms in total. The van der Waals surface area contributed by atoms with Crippen LogP contribution in [0.15, 0.2) is 41.0 Å². The molecule has 1 atom stereocenters. The van der Waals surface area contributed by atoms with E-state index >= 15 is 0 Å². The summed E-state index contributed by atoms with van der Waals surface area (Å²) in [5, 5.41) is 9.58. The predicted octanol–water partition coefficient (Wildman–Crippen LogP) is 2.66. The van der Waals surface area contributed by atoms with E-state index < -0.39 is 11.9 Å². The van der Waals surface area contributed by atoms with Crippen LogP contribution in [0, 0.1) is 11.3 Å². The van der Waals surface area contributed by atoms with Crippen LogP contribution in [-0.4, -0.2) is 19.2 Å². The fraction of sp³-hybridized carbons (Fsp3) is 0.368. The van der Waals surface area contributed by atoms with Gasteiger partial charge in [-0.1, -0.05) is 12.1 Å². The van der Waals surface area contributed by atoms with Crippen LogP contribution >= 0.6 is 0 Å². The van der Waals surface area contributed by atoms with Gasteiger partial charge >= 0.3 is 5.97 Å². The third kappa shape index (κ3) is 3.05. The van der Waals surface area contributed by atoms with E-state index in [2.05, 4.69) is 6.07 Å².